The lowest BCUT2D eigenvalue weighted by Crippen LogP contribution is -2.30. The number of anilines is 2. The maximum absolute atomic E-state index is 12.1. The summed E-state index contributed by atoms with van der Waals surface area (Å²) in [5.74, 6) is -1.10. The van der Waals surface area contributed by atoms with Crippen molar-refractivity contribution < 1.29 is 14.3 Å². The molecule has 2 rings (SSSR count). The summed E-state index contributed by atoms with van der Waals surface area (Å²) >= 11 is 1.18. The van der Waals surface area contributed by atoms with Crippen LogP contribution in [0.2, 0.25) is 0 Å². The molecule has 4 N–H and O–H groups in total. The first-order valence-electron chi connectivity index (χ1n) is 6.70. The minimum absolute atomic E-state index is 0.140. The zero-order valence-electron chi connectivity index (χ0n) is 11.5. The van der Waals surface area contributed by atoms with Gasteiger partial charge in [-0.05, 0) is 26.2 Å². The molecular formula is C13H19N3O3S. The molecule has 1 aliphatic heterocycles. The summed E-state index contributed by atoms with van der Waals surface area (Å²) < 4.78 is 5.04. The van der Waals surface area contributed by atoms with Crippen LogP contribution in [0, 0.1) is 0 Å². The Hall–Kier alpha value is -1.76. The Bertz CT molecular complexity index is 521. The number of piperidine rings is 1. The van der Waals surface area contributed by atoms with Crippen molar-refractivity contribution in [1.29, 1.82) is 0 Å². The Labute approximate surface area is 121 Å². The van der Waals surface area contributed by atoms with E-state index in [-0.39, 0.29) is 22.7 Å². The van der Waals surface area contributed by atoms with Crippen LogP contribution in [0.15, 0.2) is 0 Å². The van der Waals surface area contributed by atoms with Gasteiger partial charge in [0.15, 0.2) is 0 Å². The van der Waals surface area contributed by atoms with Crippen molar-refractivity contribution in [2.24, 2.45) is 5.73 Å². The normalized spacial score (nSPS) is 15.2. The number of hydrogen-bond acceptors (Lipinski definition) is 6. The predicted molar refractivity (Wildman–Crippen MR) is 79.3 cm³/mol. The van der Waals surface area contributed by atoms with Crippen LogP contribution >= 0.6 is 11.3 Å². The number of esters is 1. The molecule has 0 spiro atoms. The fraction of sp³-hybridized carbons (Fsp3) is 0.538. The molecule has 1 aromatic rings. The summed E-state index contributed by atoms with van der Waals surface area (Å²) in [6.45, 7) is 3.70. The van der Waals surface area contributed by atoms with Crippen LogP contribution in [0.25, 0.3) is 0 Å². The fourth-order valence-corrected chi connectivity index (χ4v) is 3.45. The van der Waals surface area contributed by atoms with Gasteiger partial charge in [0.25, 0.3) is 5.91 Å². The number of nitrogens with two attached hydrogens (primary N) is 2. The first kappa shape index (κ1) is 14.6. The summed E-state index contributed by atoms with van der Waals surface area (Å²) in [5, 5.41) is 0.703. The molecule has 0 unspecified atom stereocenters. The standard InChI is InChI=1S/C13H19N3O3S/c1-2-19-13(18)8-9(14)10(11(15)17)20-12(8)16-6-4-3-5-7-16/h2-7,14H2,1H3,(H2,15,17). The topological polar surface area (TPSA) is 98.6 Å². The number of nitrogen functional groups attached to an aromatic ring is 1. The lowest BCUT2D eigenvalue weighted by atomic mass is 10.1. The molecule has 6 nitrogen and oxygen atoms in total. The highest BCUT2D eigenvalue weighted by Crippen LogP contribution is 2.39. The van der Waals surface area contributed by atoms with Gasteiger partial charge in [-0.2, -0.15) is 0 Å². The number of ether oxygens (including phenoxy) is 1. The monoisotopic (exact) mass is 297 g/mol. The highest BCUT2D eigenvalue weighted by molar-refractivity contribution is 7.19. The molecular weight excluding hydrogens is 278 g/mol. The van der Waals surface area contributed by atoms with Crippen molar-refractivity contribution >= 4 is 33.9 Å². The Morgan fingerprint density at radius 2 is 1.95 bits per heavy atom. The molecule has 1 saturated heterocycles. The molecule has 2 heterocycles. The van der Waals surface area contributed by atoms with Gasteiger partial charge in [-0.15, -0.1) is 11.3 Å². The van der Waals surface area contributed by atoms with E-state index in [0.717, 1.165) is 25.9 Å². The molecule has 1 aromatic heterocycles. The van der Waals surface area contributed by atoms with Gasteiger partial charge >= 0.3 is 5.97 Å². The van der Waals surface area contributed by atoms with E-state index in [9.17, 15) is 9.59 Å². The van der Waals surface area contributed by atoms with Crippen molar-refractivity contribution in [3.8, 4) is 0 Å². The van der Waals surface area contributed by atoms with Gasteiger partial charge in [-0.1, -0.05) is 0 Å². The van der Waals surface area contributed by atoms with Crippen molar-refractivity contribution in [2.75, 3.05) is 30.3 Å². The molecule has 20 heavy (non-hydrogen) atoms. The van der Waals surface area contributed by atoms with Crippen LogP contribution in [0.3, 0.4) is 0 Å². The van der Waals surface area contributed by atoms with Gasteiger partial charge < -0.3 is 21.1 Å². The van der Waals surface area contributed by atoms with Gasteiger partial charge in [0.1, 0.15) is 15.4 Å². The Morgan fingerprint density at radius 1 is 1.30 bits per heavy atom. The van der Waals surface area contributed by atoms with Gasteiger partial charge in [-0.25, -0.2) is 4.79 Å². The highest BCUT2D eigenvalue weighted by Gasteiger charge is 2.29. The Balaban J connectivity index is 2.44. The van der Waals surface area contributed by atoms with Crippen LogP contribution in [-0.4, -0.2) is 31.6 Å². The van der Waals surface area contributed by atoms with E-state index in [1.165, 1.54) is 17.8 Å². The van der Waals surface area contributed by atoms with Crippen LogP contribution in [0.5, 0.6) is 0 Å². The number of carbonyl (C=O) groups excluding carboxylic acids is 2. The molecule has 1 amide bonds. The third-order valence-corrected chi connectivity index (χ3v) is 4.55. The summed E-state index contributed by atoms with van der Waals surface area (Å²) in [4.78, 5) is 25.8. The van der Waals surface area contributed by atoms with E-state index in [2.05, 4.69) is 4.90 Å². The first-order chi connectivity index (χ1) is 9.56. The smallest absolute Gasteiger partial charge is 0.343 e. The average molecular weight is 297 g/mol. The minimum Gasteiger partial charge on any atom is -0.462 e. The number of thiophene rings is 1. The predicted octanol–water partition coefficient (Wildman–Crippen LogP) is 1.60. The van der Waals surface area contributed by atoms with Crippen molar-refractivity contribution in [1.82, 2.24) is 0 Å². The maximum atomic E-state index is 12.1. The van der Waals surface area contributed by atoms with Crippen LogP contribution in [0.1, 0.15) is 46.2 Å². The highest BCUT2D eigenvalue weighted by atomic mass is 32.1. The number of amides is 1. The number of rotatable bonds is 4. The molecule has 0 bridgehead atoms. The largest absolute Gasteiger partial charge is 0.462 e. The molecule has 0 aliphatic carbocycles. The van der Waals surface area contributed by atoms with Crippen molar-refractivity contribution in [2.45, 2.75) is 26.2 Å². The Kier molecular flexibility index (Phi) is 4.49. The Morgan fingerprint density at radius 3 is 2.50 bits per heavy atom. The molecule has 0 aromatic carbocycles. The SMILES string of the molecule is CCOC(=O)c1c(N2CCCCC2)sc(C(N)=O)c1N. The minimum atomic E-state index is -0.610. The molecule has 1 aliphatic rings. The molecule has 1 fully saturated rings. The fourth-order valence-electron chi connectivity index (χ4n) is 2.33. The van der Waals surface area contributed by atoms with Crippen LogP contribution < -0.4 is 16.4 Å². The molecule has 110 valence electrons. The van der Waals surface area contributed by atoms with Crippen molar-refractivity contribution in [3.63, 3.8) is 0 Å². The van der Waals surface area contributed by atoms with E-state index in [4.69, 9.17) is 16.2 Å². The maximum Gasteiger partial charge on any atom is 0.343 e. The van der Waals surface area contributed by atoms with Crippen molar-refractivity contribution in [3.05, 3.63) is 10.4 Å². The number of carbonyl (C=O) groups is 2. The second kappa shape index (κ2) is 6.13. The van der Waals surface area contributed by atoms with Gasteiger partial charge in [0, 0.05) is 13.1 Å². The van der Waals surface area contributed by atoms with Gasteiger partial charge in [-0.3, -0.25) is 4.79 Å². The summed E-state index contributed by atoms with van der Waals surface area (Å²) in [5.41, 5.74) is 11.7. The lowest BCUT2D eigenvalue weighted by molar-refractivity contribution is 0.0529. The van der Waals surface area contributed by atoms with Gasteiger partial charge in [0.2, 0.25) is 0 Å². The molecule has 7 heteroatoms. The lowest BCUT2D eigenvalue weighted by Gasteiger charge is -2.28. The third-order valence-electron chi connectivity index (χ3n) is 3.27. The number of hydrogen-bond donors (Lipinski definition) is 2. The van der Waals surface area contributed by atoms with E-state index in [1.54, 1.807) is 6.92 Å². The number of primary amides is 1. The molecule has 0 radical (unpaired) electrons. The number of nitrogens with zero attached hydrogens (tertiary/aromatic N) is 1. The molecule has 0 saturated carbocycles. The van der Waals surface area contributed by atoms with Crippen LogP contribution in [0.4, 0.5) is 10.7 Å². The van der Waals surface area contributed by atoms with E-state index in [0.29, 0.717) is 5.00 Å². The zero-order valence-corrected chi connectivity index (χ0v) is 12.3. The van der Waals surface area contributed by atoms with E-state index < -0.39 is 11.9 Å². The van der Waals surface area contributed by atoms with Gasteiger partial charge in [0.05, 0.1) is 12.3 Å². The quantitative estimate of drug-likeness (QED) is 0.822. The first-order valence-corrected chi connectivity index (χ1v) is 7.52. The van der Waals surface area contributed by atoms with E-state index >= 15 is 0 Å². The van der Waals surface area contributed by atoms with E-state index in [1.807, 2.05) is 0 Å². The molecule has 0 atom stereocenters. The second-order valence-electron chi connectivity index (χ2n) is 4.66. The summed E-state index contributed by atoms with van der Waals surface area (Å²) in [6, 6.07) is 0. The summed E-state index contributed by atoms with van der Waals surface area (Å²) in [7, 11) is 0. The van der Waals surface area contributed by atoms with Crippen LogP contribution in [-0.2, 0) is 4.74 Å². The summed E-state index contributed by atoms with van der Waals surface area (Å²) in [6.07, 6.45) is 3.30. The third kappa shape index (κ3) is 2.72. The second-order valence-corrected chi connectivity index (χ2v) is 5.66. The zero-order chi connectivity index (χ0) is 14.7. The average Bonchev–Trinajstić information content (AvgIpc) is 2.78.